The van der Waals surface area contributed by atoms with Crippen LogP contribution in [-0.4, -0.2) is 96.7 Å². The predicted molar refractivity (Wildman–Crippen MR) is 381 cm³/mol. The number of aliphatic hydroxyl groups is 1. The Morgan fingerprint density at radius 2 is 0.596 bits per heavy atom. The van der Waals surface area contributed by atoms with E-state index in [1.165, 1.54) is 135 Å². The summed E-state index contributed by atoms with van der Waals surface area (Å²) in [6.45, 7) is 4.65. The fraction of sp³-hybridized carbons (Fsp3) is 0.787. The van der Waals surface area contributed by atoms with Gasteiger partial charge in [-0.05, 0) is 77.0 Å². The van der Waals surface area contributed by atoms with Crippen LogP contribution in [0.3, 0.4) is 0 Å². The molecule has 0 fully saturated rings. The average Bonchev–Trinajstić information content (AvgIpc) is 1.35. The normalized spacial score (nSPS) is 14.4. The number of hydrogen-bond donors (Lipinski definition) is 3. The highest BCUT2D eigenvalue weighted by Crippen LogP contribution is 2.45. The third kappa shape index (κ3) is 67.1. The summed E-state index contributed by atoms with van der Waals surface area (Å²) in [7, 11) is -9.95. The molecule has 0 saturated carbocycles. The number of esters is 4. The molecule has 546 valence electrons. The van der Waals surface area contributed by atoms with Crippen LogP contribution in [0.5, 0.6) is 0 Å². The third-order valence-corrected chi connectivity index (χ3v) is 17.6. The molecule has 0 amide bonds. The van der Waals surface area contributed by atoms with Crippen molar-refractivity contribution in [3.8, 4) is 0 Å². The molecule has 0 aliphatic carbocycles. The second kappa shape index (κ2) is 68.0. The van der Waals surface area contributed by atoms with Crippen LogP contribution < -0.4 is 0 Å². The van der Waals surface area contributed by atoms with Crippen LogP contribution in [0, 0.1) is 0 Å². The van der Waals surface area contributed by atoms with Crippen LogP contribution in [0.1, 0.15) is 323 Å². The summed E-state index contributed by atoms with van der Waals surface area (Å²) in [5, 5.41) is 10.6. The van der Waals surface area contributed by atoms with E-state index in [1.807, 2.05) is 18.2 Å². The highest BCUT2D eigenvalue weighted by Gasteiger charge is 2.30. The van der Waals surface area contributed by atoms with E-state index in [4.69, 9.17) is 37.0 Å². The molecule has 0 aliphatic rings. The molecule has 0 bridgehead atoms. The maximum atomic E-state index is 13.0. The molecule has 5 atom stereocenters. The van der Waals surface area contributed by atoms with Gasteiger partial charge in [0.1, 0.15) is 19.3 Å². The Kier molecular flexibility index (Phi) is 65.5. The van der Waals surface area contributed by atoms with Crippen molar-refractivity contribution in [2.45, 2.75) is 341 Å². The maximum Gasteiger partial charge on any atom is 0.472 e. The Hall–Kier alpha value is -3.50. The molecule has 19 heteroatoms. The molecule has 0 saturated heterocycles. The first kappa shape index (κ1) is 90.5. The number of aliphatic hydroxyl groups excluding tert-OH is 1. The summed E-state index contributed by atoms with van der Waals surface area (Å²) < 4.78 is 68.2. The zero-order valence-electron chi connectivity index (χ0n) is 59.4. The van der Waals surface area contributed by atoms with Crippen molar-refractivity contribution in [2.75, 3.05) is 39.6 Å². The lowest BCUT2D eigenvalue weighted by Crippen LogP contribution is -2.30. The van der Waals surface area contributed by atoms with E-state index in [1.54, 1.807) is 6.08 Å². The summed E-state index contributed by atoms with van der Waals surface area (Å²) in [5.74, 6) is -2.31. The van der Waals surface area contributed by atoms with Crippen molar-refractivity contribution < 1.29 is 80.2 Å². The van der Waals surface area contributed by atoms with Crippen molar-refractivity contribution in [3.63, 3.8) is 0 Å². The van der Waals surface area contributed by atoms with Crippen molar-refractivity contribution in [3.05, 3.63) is 72.9 Å². The number of ether oxygens (including phenoxy) is 4. The second-order valence-corrected chi connectivity index (χ2v) is 27.8. The minimum absolute atomic E-state index is 0.0670. The Labute approximate surface area is 571 Å². The Morgan fingerprint density at radius 1 is 0.319 bits per heavy atom. The topological polar surface area (TPSA) is 237 Å². The van der Waals surface area contributed by atoms with Crippen LogP contribution in [0.15, 0.2) is 72.9 Å². The molecule has 0 rings (SSSR count). The standard InChI is InChI=1S/C75H134O17P2/c1-5-9-13-17-21-25-29-32-34-37-40-43-47-51-55-59-72(77)85-65-70(91-74(79)61-57-53-49-45-39-28-24-20-16-12-8-4)67-89-93(81,82)87-63-69(76)64-88-94(83,84)90-68-71(92-75(80)62-58-54-50-46-42-36-31-27-23-19-15-11-7-3)66-86-73(78)60-56-52-48-44-41-38-35-33-30-26-22-18-14-10-6-2/h9,13,21,25,27,31-32,34,40,43,51,55,69-71,76H,5-8,10-12,14-20,22-24,26,28-30,33,35-39,41-42,44-50,52-54,56-68H2,1-4H3,(H,81,82)(H,83,84)/b13-9-,25-21-,31-27-,34-32-,43-40-,55-51-. The number of carbonyl (C=O) groups is 4. The van der Waals surface area contributed by atoms with Gasteiger partial charge in [-0.25, -0.2) is 9.13 Å². The minimum atomic E-state index is -4.98. The quantitative estimate of drug-likeness (QED) is 0.0169. The van der Waals surface area contributed by atoms with Gasteiger partial charge >= 0.3 is 39.5 Å². The van der Waals surface area contributed by atoms with Gasteiger partial charge in [-0.1, -0.05) is 293 Å². The lowest BCUT2D eigenvalue weighted by atomic mass is 10.0. The van der Waals surface area contributed by atoms with Crippen LogP contribution in [0.25, 0.3) is 0 Å². The van der Waals surface area contributed by atoms with Crippen molar-refractivity contribution in [2.24, 2.45) is 0 Å². The third-order valence-electron chi connectivity index (χ3n) is 15.7. The molecule has 0 aliphatic heterocycles. The molecule has 0 aromatic rings. The SMILES string of the molecule is CC/C=C\C/C=C\C/C=C\C/C=C\C/C=C\CC(=O)OCC(COP(=O)(O)OCC(O)COP(=O)(O)OCC(COC(=O)CCCCCCCCCCCCCCCCC)OC(=O)CCCCCCC/C=C\CCCCCC)OC(=O)CCCCCCCCCCCCC. The number of unbranched alkanes of at least 4 members (excludes halogenated alkanes) is 33. The zero-order valence-corrected chi connectivity index (χ0v) is 61.2. The molecule has 17 nitrogen and oxygen atoms in total. The maximum absolute atomic E-state index is 13.0. The number of rotatable bonds is 70. The molecular formula is C75H134O17P2. The van der Waals surface area contributed by atoms with Crippen molar-refractivity contribution >= 4 is 39.5 Å². The van der Waals surface area contributed by atoms with Gasteiger partial charge in [0.25, 0.3) is 0 Å². The Bertz CT molecular complexity index is 2070. The molecule has 0 spiro atoms. The summed E-state index contributed by atoms with van der Waals surface area (Å²) in [6, 6.07) is 0. The van der Waals surface area contributed by atoms with Gasteiger partial charge in [-0.2, -0.15) is 0 Å². The molecule has 5 unspecified atom stereocenters. The fourth-order valence-corrected chi connectivity index (χ4v) is 11.6. The van der Waals surface area contributed by atoms with Crippen molar-refractivity contribution in [1.82, 2.24) is 0 Å². The second-order valence-electron chi connectivity index (χ2n) is 24.9. The number of carbonyl (C=O) groups excluding carboxylic acids is 4. The first-order valence-electron chi connectivity index (χ1n) is 37.2. The van der Waals surface area contributed by atoms with Gasteiger partial charge in [-0.15, -0.1) is 0 Å². The van der Waals surface area contributed by atoms with E-state index in [-0.39, 0.29) is 25.7 Å². The van der Waals surface area contributed by atoms with E-state index in [0.717, 1.165) is 109 Å². The first-order valence-corrected chi connectivity index (χ1v) is 40.2. The molecule has 0 aromatic carbocycles. The monoisotopic (exact) mass is 1370 g/mol. The van der Waals surface area contributed by atoms with E-state index >= 15 is 0 Å². The van der Waals surface area contributed by atoms with Crippen LogP contribution in [0.4, 0.5) is 0 Å². The summed E-state index contributed by atoms with van der Waals surface area (Å²) in [6.07, 6.45) is 66.5. The zero-order chi connectivity index (χ0) is 69.0. The largest absolute Gasteiger partial charge is 0.472 e. The number of phosphoric acid groups is 2. The van der Waals surface area contributed by atoms with Crippen LogP contribution >= 0.6 is 15.6 Å². The number of hydrogen-bond acceptors (Lipinski definition) is 15. The lowest BCUT2D eigenvalue weighted by molar-refractivity contribution is -0.161. The van der Waals surface area contributed by atoms with E-state index in [9.17, 15) is 43.2 Å². The van der Waals surface area contributed by atoms with Gasteiger partial charge in [0.05, 0.1) is 32.8 Å². The molecule has 0 aromatic heterocycles. The summed E-state index contributed by atoms with van der Waals surface area (Å²) in [4.78, 5) is 72.6. The molecular weight excluding hydrogens is 1230 g/mol. The Balaban J connectivity index is 5.35. The number of allylic oxidation sites excluding steroid dienone is 11. The highest BCUT2D eigenvalue weighted by atomic mass is 31.2. The lowest BCUT2D eigenvalue weighted by Gasteiger charge is -2.21. The minimum Gasteiger partial charge on any atom is -0.462 e. The van der Waals surface area contributed by atoms with E-state index in [2.05, 4.69) is 76.3 Å². The first-order chi connectivity index (χ1) is 45.7. The Morgan fingerprint density at radius 3 is 0.947 bits per heavy atom. The van der Waals surface area contributed by atoms with Crippen LogP contribution in [0.2, 0.25) is 0 Å². The molecule has 94 heavy (non-hydrogen) atoms. The smallest absolute Gasteiger partial charge is 0.462 e. The van der Waals surface area contributed by atoms with Gasteiger partial charge in [0.2, 0.25) is 0 Å². The molecule has 0 heterocycles. The highest BCUT2D eigenvalue weighted by molar-refractivity contribution is 7.47. The van der Waals surface area contributed by atoms with Gasteiger partial charge in [0.15, 0.2) is 12.2 Å². The predicted octanol–water partition coefficient (Wildman–Crippen LogP) is 20.9. The van der Waals surface area contributed by atoms with Crippen molar-refractivity contribution in [1.29, 1.82) is 0 Å². The number of phosphoric ester groups is 2. The van der Waals surface area contributed by atoms with Gasteiger partial charge < -0.3 is 33.8 Å². The summed E-state index contributed by atoms with van der Waals surface area (Å²) in [5.41, 5.74) is 0. The van der Waals surface area contributed by atoms with E-state index < -0.39 is 97.5 Å². The van der Waals surface area contributed by atoms with Gasteiger partial charge in [-0.3, -0.25) is 37.3 Å². The van der Waals surface area contributed by atoms with Crippen LogP contribution in [-0.2, 0) is 65.4 Å². The molecule has 0 radical (unpaired) electrons. The summed E-state index contributed by atoms with van der Waals surface area (Å²) >= 11 is 0. The average molecular weight is 1370 g/mol. The van der Waals surface area contributed by atoms with Gasteiger partial charge in [0, 0.05) is 19.3 Å². The van der Waals surface area contributed by atoms with E-state index in [0.29, 0.717) is 25.7 Å². The fourth-order valence-electron chi connectivity index (χ4n) is 10.1. The molecule has 3 N–H and O–H groups in total.